The molecule has 7 heteroatoms. The molecule has 0 atom stereocenters. The topological polar surface area (TPSA) is 94.2 Å². The van der Waals surface area contributed by atoms with Gasteiger partial charge in [-0.2, -0.15) is 0 Å². The molecule has 1 heterocycles. The third-order valence-corrected chi connectivity index (χ3v) is 3.99. The monoisotopic (exact) mass is 287 g/mol. The molecular weight excluding hydrogens is 266 g/mol. The molecule has 3 N–H and O–H groups in total. The van der Waals surface area contributed by atoms with E-state index in [1.807, 2.05) is 27.7 Å². The number of carbonyl (C=O) groups excluding carboxylic acids is 1. The van der Waals surface area contributed by atoms with E-state index < -0.39 is 10.0 Å². The van der Waals surface area contributed by atoms with Crippen LogP contribution in [0.2, 0.25) is 0 Å². The van der Waals surface area contributed by atoms with Crippen molar-refractivity contribution in [3.05, 3.63) is 18.0 Å². The van der Waals surface area contributed by atoms with E-state index in [0.29, 0.717) is 12.2 Å². The van der Waals surface area contributed by atoms with Gasteiger partial charge in [-0.3, -0.25) is 4.79 Å². The molecule has 6 nitrogen and oxygen atoms in total. The number of hydrogen-bond donors (Lipinski definition) is 2. The molecule has 0 spiro atoms. The number of nitrogens with zero attached hydrogens (tertiary/aromatic N) is 1. The first kappa shape index (κ1) is 15.7. The zero-order valence-corrected chi connectivity index (χ0v) is 12.5. The quantitative estimate of drug-likeness (QED) is 0.848. The number of aryl methyl sites for hydroxylation is 1. The summed E-state index contributed by atoms with van der Waals surface area (Å²) in [6, 6.07) is 1.31. The van der Waals surface area contributed by atoms with Gasteiger partial charge in [0, 0.05) is 18.3 Å². The molecule has 0 saturated heterocycles. The molecule has 19 heavy (non-hydrogen) atoms. The molecule has 0 unspecified atom stereocenters. The number of primary sulfonamides is 1. The van der Waals surface area contributed by atoms with Crippen molar-refractivity contribution in [2.45, 2.75) is 51.1 Å². The summed E-state index contributed by atoms with van der Waals surface area (Å²) in [5, 5.41) is 7.94. The van der Waals surface area contributed by atoms with Crippen molar-refractivity contribution < 1.29 is 13.2 Å². The lowest BCUT2D eigenvalue weighted by molar-refractivity contribution is 0.0902. The van der Waals surface area contributed by atoms with E-state index in [0.717, 1.165) is 6.42 Å². The molecule has 1 aromatic heterocycles. The summed E-state index contributed by atoms with van der Waals surface area (Å²) in [5.41, 5.74) is -0.0464. The van der Waals surface area contributed by atoms with Gasteiger partial charge in [0.2, 0.25) is 10.0 Å². The average Bonchev–Trinajstić information content (AvgIpc) is 2.72. The highest BCUT2D eigenvalue weighted by Crippen LogP contribution is 2.15. The molecule has 0 bridgehead atoms. The first-order valence-electron chi connectivity index (χ1n) is 6.16. The molecule has 0 aliphatic heterocycles. The van der Waals surface area contributed by atoms with Crippen LogP contribution in [0.15, 0.2) is 17.2 Å². The van der Waals surface area contributed by atoms with Crippen LogP contribution < -0.4 is 10.5 Å². The van der Waals surface area contributed by atoms with E-state index >= 15 is 0 Å². The van der Waals surface area contributed by atoms with Crippen molar-refractivity contribution in [3.63, 3.8) is 0 Å². The van der Waals surface area contributed by atoms with Crippen LogP contribution in [0.25, 0.3) is 0 Å². The van der Waals surface area contributed by atoms with Gasteiger partial charge in [-0.15, -0.1) is 0 Å². The number of rotatable bonds is 5. The van der Waals surface area contributed by atoms with Crippen LogP contribution >= 0.6 is 0 Å². The molecule has 0 aromatic carbocycles. The Morgan fingerprint density at radius 2 is 2.00 bits per heavy atom. The summed E-state index contributed by atoms with van der Waals surface area (Å²) in [5.74, 6) is -0.302. The first-order chi connectivity index (χ1) is 8.60. The highest BCUT2D eigenvalue weighted by Gasteiger charge is 2.23. The van der Waals surface area contributed by atoms with Crippen LogP contribution in [0.5, 0.6) is 0 Å². The zero-order valence-electron chi connectivity index (χ0n) is 11.7. The number of carbonyl (C=O) groups is 1. The van der Waals surface area contributed by atoms with Gasteiger partial charge in [-0.1, -0.05) is 6.92 Å². The van der Waals surface area contributed by atoms with Crippen molar-refractivity contribution in [2.24, 2.45) is 5.14 Å². The summed E-state index contributed by atoms with van der Waals surface area (Å²) in [7, 11) is -3.80. The van der Waals surface area contributed by atoms with Gasteiger partial charge < -0.3 is 9.88 Å². The third-order valence-electron chi connectivity index (χ3n) is 3.11. The number of nitrogens with two attached hydrogens (primary N) is 1. The number of hydrogen-bond acceptors (Lipinski definition) is 3. The van der Waals surface area contributed by atoms with Crippen LogP contribution in [0.3, 0.4) is 0 Å². The molecule has 0 radical (unpaired) electrons. The van der Waals surface area contributed by atoms with Gasteiger partial charge in [0.05, 0.1) is 0 Å². The molecular formula is C12H21N3O3S. The summed E-state index contributed by atoms with van der Waals surface area (Å²) < 4.78 is 24.2. The van der Waals surface area contributed by atoms with Crippen molar-refractivity contribution >= 4 is 15.9 Å². The van der Waals surface area contributed by atoms with E-state index in [1.165, 1.54) is 12.3 Å². The zero-order chi connectivity index (χ0) is 14.8. The largest absolute Gasteiger partial charge is 0.346 e. The fraction of sp³-hybridized carbons (Fsp3) is 0.583. The second kappa shape index (κ2) is 5.34. The maximum Gasteiger partial charge on any atom is 0.268 e. The first-order valence-corrected chi connectivity index (χ1v) is 7.71. The Bertz CT molecular complexity index is 573. The van der Waals surface area contributed by atoms with Gasteiger partial charge in [0.1, 0.15) is 10.6 Å². The number of nitrogens with one attached hydrogen (secondary N) is 1. The SMILES string of the molecule is CCn1cc(S(N)(=O)=O)cc1C(=O)NC(C)(C)CC. The van der Waals surface area contributed by atoms with Crippen LogP contribution in [0.4, 0.5) is 0 Å². The molecule has 0 aliphatic rings. The highest BCUT2D eigenvalue weighted by molar-refractivity contribution is 7.89. The van der Waals surface area contributed by atoms with E-state index in [9.17, 15) is 13.2 Å². The van der Waals surface area contributed by atoms with Crippen molar-refractivity contribution in [3.8, 4) is 0 Å². The minimum absolute atomic E-state index is 0.0474. The normalized spacial score (nSPS) is 12.5. The predicted molar refractivity (Wildman–Crippen MR) is 73.3 cm³/mol. The standard InChI is InChI=1S/C12H21N3O3S/c1-5-12(3,4)14-11(16)10-7-9(19(13,17)18)8-15(10)6-2/h7-8H,5-6H2,1-4H3,(H,14,16)(H2,13,17,18). The van der Waals surface area contributed by atoms with Crippen LogP contribution in [-0.4, -0.2) is 24.4 Å². The van der Waals surface area contributed by atoms with Crippen LogP contribution in [-0.2, 0) is 16.6 Å². The summed E-state index contributed by atoms with van der Waals surface area (Å²) in [6.07, 6.45) is 2.15. The average molecular weight is 287 g/mol. The second-order valence-corrected chi connectivity index (χ2v) is 6.65. The Labute approximate surface area is 114 Å². The molecule has 0 saturated carbocycles. The van der Waals surface area contributed by atoms with Gasteiger partial charge in [-0.05, 0) is 33.3 Å². The second-order valence-electron chi connectivity index (χ2n) is 5.08. The molecule has 108 valence electrons. The van der Waals surface area contributed by atoms with Gasteiger partial charge in [0.25, 0.3) is 5.91 Å². The molecule has 1 amide bonds. The van der Waals surface area contributed by atoms with E-state index in [4.69, 9.17) is 5.14 Å². The maximum atomic E-state index is 12.2. The third kappa shape index (κ3) is 3.81. The van der Waals surface area contributed by atoms with Gasteiger partial charge in [0.15, 0.2) is 0 Å². The Morgan fingerprint density at radius 3 is 2.42 bits per heavy atom. The summed E-state index contributed by atoms with van der Waals surface area (Å²) in [4.78, 5) is 12.1. The lowest BCUT2D eigenvalue weighted by Gasteiger charge is -2.24. The fourth-order valence-corrected chi connectivity index (χ4v) is 2.10. The Hall–Kier alpha value is -1.34. The summed E-state index contributed by atoms with van der Waals surface area (Å²) >= 11 is 0. The van der Waals surface area contributed by atoms with Gasteiger partial charge >= 0.3 is 0 Å². The number of aromatic nitrogens is 1. The lowest BCUT2D eigenvalue weighted by Crippen LogP contribution is -2.43. The van der Waals surface area contributed by atoms with Gasteiger partial charge in [-0.25, -0.2) is 13.6 Å². The van der Waals surface area contributed by atoms with Crippen LogP contribution in [0.1, 0.15) is 44.6 Å². The number of sulfonamides is 1. The van der Waals surface area contributed by atoms with E-state index in [2.05, 4.69) is 5.32 Å². The lowest BCUT2D eigenvalue weighted by atomic mass is 10.0. The van der Waals surface area contributed by atoms with E-state index in [1.54, 1.807) is 4.57 Å². The van der Waals surface area contributed by atoms with Crippen molar-refractivity contribution in [1.82, 2.24) is 9.88 Å². The maximum absolute atomic E-state index is 12.2. The Kier molecular flexibility index (Phi) is 4.42. The molecule has 1 aromatic rings. The van der Waals surface area contributed by atoms with Crippen LogP contribution in [0, 0.1) is 0 Å². The van der Waals surface area contributed by atoms with Crippen molar-refractivity contribution in [1.29, 1.82) is 0 Å². The fourth-order valence-electron chi connectivity index (χ4n) is 1.55. The summed E-state index contributed by atoms with van der Waals surface area (Å²) in [6.45, 7) is 8.10. The minimum Gasteiger partial charge on any atom is -0.346 e. The Morgan fingerprint density at radius 1 is 1.42 bits per heavy atom. The Balaban J connectivity index is 3.13. The highest BCUT2D eigenvalue weighted by atomic mass is 32.2. The smallest absolute Gasteiger partial charge is 0.268 e. The molecule has 1 rings (SSSR count). The minimum atomic E-state index is -3.80. The van der Waals surface area contributed by atoms with Crippen molar-refractivity contribution in [2.75, 3.05) is 0 Å². The molecule has 0 fully saturated rings. The molecule has 0 aliphatic carbocycles. The van der Waals surface area contributed by atoms with E-state index in [-0.39, 0.29) is 16.3 Å². The predicted octanol–water partition coefficient (Wildman–Crippen LogP) is 1.07. The number of amides is 1.